The third kappa shape index (κ3) is 2.92. The van der Waals surface area contributed by atoms with Crippen LogP contribution in [0, 0.1) is 6.92 Å². The van der Waals surface area contributed by atoms with Crippen molar-refractivity contribution >= 4 is 33.8 Å². The minimum Gasteiger partial charge on any atom is -0.399 e. The highest BCUT2D eigenvalue weighted by molar-refractivity contribution is 7.18. The minimum absolute atomic E-state index is 0.504. The summed E-state index contributed by atoms with van der Waals surface area (Å²) in [6.07, 6.45) is 1.70. The van der Waals surface area contributed by atoms with Crippen molar-refractivity contribution < 1.29 is 0 Å². The molecule has 1 aromatic carbocycles. The summed E-state index contributed by atoms with van der Waals surface area (Å²) in [7, 11) is 0. The van der Waals surface area contributed by atoms with E-state index in [1.54, 1.807) is 6.20 Å². The molecular formula is C14H14N6S. The van der Waals surface area contributed by atoms with Gasteiger partial charge in [-0.3, -0.25) is 0 Å². The fourth-order valence-electron chi connectivity index (χ4n) is 1.95. The highest BCUT2D eigenvalue weighted by atomic mass is 32.1. The van der Waals surface area contributed by atoms with Crippen molar-refractivity contribution in [2.24, 2.45) is 0 Å². The summed E-state index contributed by atoms with van der Waals surface area (Å²) in [5.41, 5.74) is 14.7. The number of hydrogen-bond acceptors (Lipinski definition) is 7. The van der Waals surface area contributed by atoms with Crippen LogP contribution in [0.15, 0.2) is 36.5 Å². The van der Waals surface area contributed by atoms with Crippen LogP contribution in [0.3, 0.4) is 0 Å². The Morgan fingerprint density at radius 1 is 1.14 bits per heavy atom. The maximum Gasteiger partial charge on any atom is 0.227 e. The molecule has 3 aromatic rings. The maximum absolute atomic E-state index is 5.75. The fraction of sp³-hybridized carbons (Fsp3) is 0.0714. The highest BCUT2D eigenvalue weighted by Gasteiger charge is 2.10. The Bertz CT molecular complexity index is 783. The molecule has 106 valence electrons. The third-order valence-corrected chi connectivity index (χ3v) is 3.85. The van der Waals surface area contributed by atoms with Crippen molar-refractivity contribution in [2.45, 2.75) is 6.92 Å². The number of nitrogens with zero attached hydrogens (tertiary/aromatic N) is 3. The number of nitrogens with two attached hydrogens (primary N) is 2. The Balaban J connectivity index is 1.92. The normalized spacial score (nSPS) is 10.5. The number of hydrogen-bond donors (Lipinski definition) is 3. The zero-order valence-electron chi connectivity index (χ0n) is 11.4. The molecule has 0 saturated heterocycles. The molecule has 0 atom stereocenters. The van der Waals surface area contributed by atoms with E-state index in [0.717, 1.165) is 22.0 Å². The molecule has 0 amide bonds. The molecule has 3 rings (SSSR count). The third-order valence-electron chi connectivity index (χ3n) is 2.84. The highest BCUT2D eigenvalue weighted by Crippen LogP contribution is 2.30. The molecule has 5 N–H and O–H groups in total. The average Bonchev–Trinajstić information content (AvgIpc) is 2.78. The standard InChI is InChI=1S/C14H14N6S/c1-8-12(21-13(16)18-8)11-5-6-17-14(20-11)19-10-4-2-3-9(15)7-10/h2-7H,15H2,1H3,(H2,16,18)(H,17,19,20). The number of thiazole rings is 1. The molecule has 0 fully saturated rings. The predicted octanol–water partition coefficient (Wildman–Crippen LogP) is 2.82. The molecule has 6 nitrogen and oxygen atoms in total. The van der Waals surface area contributed by atoms with Crippen LogP contribution >= 0.6 is 11.3 Å². The SMILES string of the molecule is Cc1nc(N)sc1-c1ccnc(Nc2cccc(N)c2)n1. The van der Waals surface area contributed by atoms with Crippen molar-refractivity contribution in [3.8, 4) is 10.6 Å². The number of nitrogen functional groups attached to an aromatic ring is 2. The molecule has 2 heterocycles. The van der Waals surface area contributed by atoms with Gasteiger partial charge < -0.3 is 16.8 Å². The number of anilines is 4. The quantitative estimate of drug-likeness (QED) is 0.642. The van der Waals surface area contributed by atoms with Gasteiger partial charge in [0, 0.05) is 17.6 Å². The van der Waals surface area contributed by atoms with Gasteiger partial charge in [0.1, 0.15) is 0 Å². The Morgan fingerprint density at radius 2 is 2.00 bits per heavy atom. The van der Waals surface area contributed by atoms with Gasteiger partial charge in [0.2, 0.25) is 5.95 Å². The molecule has 0 spiro atoms. The zero-order chi connectivity index (χ0) is 14.8. The van der Waals surface area contributed by atoms with Crippen molar-refractivity contribution in [1.29, 1.82) is 0 Å². The monoisotopic (exact) mass is 298 g/mol. The number of nitrogens with one attached hydrogen (secondary N) is 1. The van der Waals surface area contributed by atoms with E-state index in [1.807, 2.05) is 37.3 Å². The van der Waals surface area contributed by atoms with Crippen LogP contribution in [0.1, 0.15) is 5.69 Å². The molecule has 0 aliphatic rings. The first-order valence-corrected chi connectivity index (χ1v) is 7.12. The molecular weight excluding hydrogens is 284 g/mol. The Hall–Kier alpha value is -2.67. The van der Waals surface area contributed by atoms with E-state index < -0.39 is 0 Å². The Labute approximate surface area is 125 Å². The summed E-state index contributed by atoms with van der Waals surface area (Å²) in [5.74, 6) is 0.504. The van der Waals surface area contributed by atoms with E-state index >= 15 is 0 Å². The van der Waals surface area contributed by atoms with Crippen molar-refractivity contribution in [2.75, 3.05) is 16.8 Å². The van der Waals surface area contributed by atoms with Gasteiger partial charge in [0.25, 0.3) is 0 Å². The van der Waals surface area contributed by atoms with Crippen LogP contribution in [-0.4, -0.2) is 15.0 Å². The average molecular weight is 298 g/mol. The van der Waals surface area contributed by atoms with Crippen LogP contribution in [0.2, 0.25) is 0 Å². The van der Waals surface area contributed by atoms with Crippen LogP contribution < -0.4 is 16.8 Å². The lowest BCUT2D eigenvalue weighted by atomic mass is 10.3. The lowest BCUT2D eigenvalue weighted by Gasteiger charge is -2.06. The van der Waals surface area contributed by atoms with Crippen LogP contribution in [0.5, 0.6) is 0 Å². The summed E-state index contributed by atoms with van der Waals surface area (Å²) in [5, 5.41) is 3.67. The minimum atomic E-state index is 0.504. The molecule has 0 saturated carbocycles. The lowest BCUT2D eigenvalue weighted by Crippen LogP contribution is -1.98. The molecule has 0 aliphatic heterocycles. The number of rotatable bonds is 3. The second-order valence-electron chi connectivity index (χ2n) is 4.48. The van der Waals surface area contributed by atoms with Gasteiger partial charge >= 0.3 is 0 Å². The molecule has 0 unspecified atom stereocenters. The smallest absolute Gasteiger partial charge is 0.227 e. The Kier molecular flexibility index (Phi) is 3.41. The van der Waals surface area contributed by atoms with Crippen LogP contribution in [0.4, 0.5) is 22.5 Å². The second kappa shape index (κ2) is 5.37. The molecule has 7 heteroatoms. The van der Waals surface area contributed by atoms with Gasteiger partial charge in [-0.25, -0.2) is 15.0 Å². The first kappa shape index (κ1) is 13.3. The number of benzene rings is 1. The van der Waals surface area contributed by atoms with Crippen molar-refractivity contribution in [3.05, 3.63) is 42.2 Å². The van der Waals surface area contributed by atoms with E-state index in [4.69, 9.17) is 11.5 Å². The summed E-state index contributed by atoms with van der Waals surface area (Å²) >= 11 is 1.41. The van der Waals surface area contributed by atoms with Crippen molar-refractivity contribution in [1.82, 2.24) is 15.0 Å². The summed E-state index contributed by atoms with van der Waals surface area (Å²) in [4.78, 5) is 13.9. The van der Waals surface area contributed by atoms with E-state index in [0.29, 0.717) is 16.8 Å². The topological polar surface area (TPSA) is 103 Å². The maximum atomic E-state index is 5.75. The zero-order valence-corrected chi connectivity index (χ0v) is 12.2. The van der Waals surface area contributed by atoms with Gasteiger partial charge in [-0.05, 0) is 31.2 Å². The number of aryl methyl sites for hydroxylation is 1. The van der Waals surface area contributed by atoms with Gasteiger partial charge in [0.15, 0.2) is 5.13 Å². The molecule has 0 radical (unpaired) electrons. The van der Waals surface area contributed by atoms with Crippen LogP contribution in [-0.2, 0) is 0 Å². The molecule has 0 bridgehead atoms. The number of aromatic nitrogens is 3. The first-order valence-electron chi connectivity index (χ1n) is 6.31. The van der Waals surface area contributed by atoms with E-state index in [9.17, 15) is 0 Å². The van der Waals surface area contributed by atoms with Gasteiger partial charge in [-0.2, -0.15) is 0 Å². The second-order valence-corrected chi connectivity index (χ2v) is 5.51. The summed E-state index contributed by atoms with van der Waals surface area (Å²) in [6.45, 7) is 1.91. The molecule has 2 aromatic heterocycles. The first-order chi connectivity index (χ1) is 10.1. The van der Waals surface area contributed by atoms with E-state index in [-0.39, 0.29) is 0 Å². The summed E-state index contributed by atoms with van der Waals surface area (Å²) in [6, 6.07) is 9.26. The Morgan fingerprint density at radius 3 is 2.71 bits per heavy atom. The summed E-state index contributed by atoms with van der Waals surface area (Å²) < 4.78 is 0. The van der Waals surface area contributed by atoms with Crippen LogP contribution in [0.25, 0.3) is 10.6 Å². The molecule has 21 heavy (non-hydrogen) atoms. The van der Waals surface area contributed by atoms with E-state index in [2.05, 4.69) is 20.3 Å². The van der Waals surface area contributed by atoms with Gasteiger partial charge in [0.05, 0.1) is 16.3 Å². The fourth-order valence-corrected chi connectivity index (χ4v) is 2.75. The van der Waals surface area contributed by atoms with E-state index in [1.165, 1.54) is 11.3 Å². The van der Waals surface area contributed by atoms with Gasteiger partial charge in [-0.15, -0.1) is 0 Å². The lowest BCUT2D eigenvalue weighted by molar-refractivity contribution is 1.16. The predicted molar refractivity (Wildman–Crippen MR) is 86.4 cm³/mol. The van der Waals surface area contributed by atoms with Crippen molar-refractivity contribution in [3.63, 3.8) is 0 Å². The largest absolute Gasteiger partial charge is 0.399 e. The molecule has 0 aliphatic carbocycles. The van der Waals surface area contributed by atoms with Gasteiger partial charge in [-0.1, -0.05) is 17.4 Å².